The SMILES string of the molecule is CNC(=O)C(c1ccccc1)N1CCc2nc(OC)c(OC)nc2[C@@H]1CCc1ccc(C(F)(F)F)cc1. The van der Waals surface area contributed by atoms with Gasteiger partial charge in [-0.05, 0) is 36.1 Å². The van der Waals surface area contributed by atoms with Crippen LogP contribution in [0.15, 0.2) is 54.6 Å². The van der Waals surface area contributed by atoms with Crippen LogP contribution in [-0.4, -0.2) is 48.6 Å². The lowest BCUT2D eigenvalue weighted by Gasteiger charge is -2.40. The molecule has 7 nitrogen and oxygen atoms in total. The number of carbonyl (C=O) groups is 1. The van der Waals surface area contributed by atoms with Crippen LogP contribution < -0.4 is 14.8 Å². The Labute approximate surface area is 213 Å². The van der Waals surface area contributed by atoms with E-state index in [0.29, 0.717) is 31.5 Å². The van der Waals surface area contributed by atoms with Crippen LogP contribution in [0, 0.1) is 0 Å². The molecule has 1 aliphatic heterocycles. The number of halogens is 3. The summed E-state index contributed by atoms with van der Waals surface area (Å²) in [5, 5.41) is 2.77. The highest BCUT2D eigenvalue weighted by Crippen LogP contribution is 2.40. The predicted octanol–water partition coefficient (Wildman–Crippen LogP) is 4.53. The topological polar surface area (TPSA) is 76.6 Å². The average Bonchev–Trinajstić information content (AvgIpc) is 2.91. The van der Waals surface area contributed by atoms with Crippen LogP contribution in [0.1, 0.15) is 46.6 Å². The maximum atomic E-state index is 13.2. The van der Waals surface area contributed by atoms with Crippen molar-refractivity contribution in [2.24, 2.45) is 0 Å². The highest BCUT2D eigenvalue weighted by Gasteiger charge is 2.38. The monoisotopic (exact) mass is 514 g/mol. The second-order valence-electron chi connectivity index (χ2n) is 8.74. The minimum Gasteiger partial charge on any atom is -0.477 e. The number of carbonyl (C=O) groups excluding carboxylic acids is 1. The van der Waals surface area contributed by atoms with Crippen molar-refractivity contribution in [1.29, 1.82) is 0 Å². The van der Waals surface area contributed by atoms with E-state index in [1.54, 1.807) is 7.05 Å². The van der Waals surface area contributed by atoms with E-state index in [0.717, 1.165) is 29.0 Å². The number of nitrogens with zero attached hydrogens (tertiary/aromatic N) is 3. The van der Waals surface area contributed by atoms with Gasteiger partial charge in [0.1, 0.15) is 6.04 Å². The van der Waals surface area contributed by atoms with Crippen LogP contribution in [-0.2, 0) is 23.8 Å². The number of hydrogen-bond acceptors (Lipinski definition) is 6. The zero-order valence-electron chi connectivity index (χ0n) is 20.9. The number of methoxy groups -OCH3 is 2. The third kappa shape index (κ3) is 5.69. The largest absolute Gasteiger partial charge is 0.477 e. The minimum absolute atomic E-state index is 0.164. The summed E-state index contributed by atoms with van der Waals surface area (Å²) in [4.78, 5) is 24.6. The molecule has 1 unspecified atom stereocenters. The highest BCUT2D eigenvalue weighted by molar-refractivity contribution is 5.83. The van der Waals surface area contributed by atoms with Crippen LogP contribution in [0.3, 0.4) is 0 Å². The molecule has 1 aliphatic rings. The van der Waals surface area contributed by atoms with Crippen LogP contribution >= 0.6 is 0 Å². The third-order valence-electron chi connectivity index (χ3n) is 6.58. The first-order valence-electron chi connectivity index (χ1n) is 11.9. The zero-order valence-corrected chi connectivity index (χ0v) is 20.9. The summed E-state index contributed by atoms with van der Waals surface area (Å²) in [7, 11) is 4.57. The summed E-state index contributed by atoms with van der Waals surface area (Å²) in [6.45, 7) is 0.530. The van der Waals surface area contributed by atoms with Gasteiger partial charge in [-0.2, -0.15) is 13.2 Å². The number of rotatable bonds is 8. The molecule has 0 fully saturated rings. The van der Waals surface area contributed by atoms with Crippen molar-refractivity contribution < 1.29 is 27.4 Å². The lowest BCUT2D eigenvalue weighted by atomic mass is 9.91. The Morgan fingerprint density at radius 3 is 2.30 bits per heavy atom. The molecule has 37 heavy (non-hydrogen) atoms. The van der Waals surface area contributed by atoms with Crippen molar-refractivity contribution in [2.45, 2.75) is 37.5 Å². The van der Waals surface area contributed by atoms with Crippen LogP contribution in [0.5, 0.6) is 11.8 Å². The van der Waals surface area contributed by atoms with E-state index in [4.69, 9.17) is 14.5 Å². The molecule has 0 radical (unpaired) electrons. The maximum absolute atomic E-state index is 13.2. The second-order valence-corrected chi connectivity index (χ2v) is 8.74. The summed E-state index contributed by atoms with van der Waals surface area (Å²) in [6, 6.07) is 13.7. The van der Waals surface area contributed by atoms with Gasteiger partial charge in [-0.1, -0.05) is 42.5 Å². The van der Waals surface area contributed by atoms with Gasteiger partial charge in [-0.15, -0.1) is 0 Å². The summed E-state index contributed by atoms with van der Waals surface area (Å²) in [5.41, 5.74) is 2.31. The number of hydrogen-bond donors (Lipinski definition) is 1. The molecule has 0 spiro atoms. The molecule has 3 aromatic rings. The van der Waals surface area contributed by atoms with Gasteiger partial charge in [0.2, 0.25) is 5.91 Å². The Kier molecular flexibility index (Phi) is 7.97. The van der Waals surface area contributed by atoms with Gasteiger partial charge >= 0.3 is 6.18 Å². The molecule has 196 valence electrons. The molecule has 4 rings (SSSR count). The molecule has 1 N–H and O–H groups in total. The fourth-order valence-electron chi connectivity index (χ4n) is 4.75. The number of alkyl halides is 3. The Hall–Kier alpha value is -3.66. The molecule has 1 aromatic heterocycles. The Morgan fingerprint density at radius 1 is 1.05 bits per heavy atom. The standard InChI is InChI=1S/C27H29F3N4O3/c1-31-24(35)23(18-7-5-4-6-8-18)34-16-15-20-22(33-26(37-3)25(32-20)36-2)21(34)14-11-17-9-12-19(13-10-17)27(28,29)30/h4-10,12-13,21,23H,11,14-16H2,1-3H3,(H,31,35)/t21-,23?/m0/s1. The zero-order chi connectivity index (χ0) is 26.6. The number of fused-ring (bicyclic) bond motifs is 1. The van der Waals surface area contributed by atoms with E-state index in [1.165, 1.54) is 26.4 Å². The molecular weight excluding hydrogens is 485 g/mol. The summed E-state index contributed by atoms with van der Waals surface area (Å²) >= 11 is 0. The number of likely N-dealkylation sites (N-methyl/N-ethyl adjacent to an activating group) is 1. The van der Waals surface area contributed by atoms with Gasteiger partial charge in [-0.3, -0.25) is 9.69 Å². The number of benzene rings is 2. The van der Waals surface area contributed by atoms with Crippen LogP contribution in [0.4, 0.5) is 13.2 Å². The number of ether oxygens (including phenoxy) is 2. The Morgan fingerprint density at radius 2 is 1.70 bits per heavy atom. The molecular formula is C27H29F3N4O3. The molecule has 0 bridgehead atoms. The quantitative estimate of drug-likeness (QED) is 0.476. The average molecular weight is 515 g/mol. The maximum Gasteiger partial charge on any atom is 0.416 e. The molecule has 10 heteroatoms. The lowest BCUT2D eigenvalue weighted by Crippen LogP contribution is -2.45. The van der Waals surface area contributed by atoms with Crippen LogP contribution in [0.2, 0.25) is 0 Å². The fraction of sp³-hybridized carbons (Fsp3) is 0.370. The minimum atomic E-state index is -4.39. The number of amides is 1. The molecule has 2 heterocycles. The normalized spacial score (nSPS) is 16.5. The summed E-state index contributed by atoms with van der Waals surface area (Å²) < 4.78 is 49.8. The van der Waals surface area contributed by atoms with E-state index in [2.05, 4.69) is 15.2 Å². The van der Waals surface area contributed by atoms with E-state index < -0.39 is 17.8 Å². The summed E-state index contributed by atoms with van der Waals surface area (Å²) in [6.07, 6.45) is -2.87. The molecule has 0 saturated heterocycles. The summed E-state index contributed by atoms with van der Waals surface area (Å²) in [5.74, 6) is 0.351. The molecule has 2 aromatic carbocycles. The molecule has 2 atom stereocenters. The van der Waals surface area contributed by atoms with Crippen molar-refractivity contribution >= 4 is 5.91 Å². The van der Waals surface area contributed by atoms with Gasteiger partial charge in [0.15, 0.2) is 0 Å². The van der Waals surface area contributed by atoms with Crippen molar-refractivity contribution in [2.75, 3.05) is 27.8 Å². The van der Waals surface area contributed by atoms with Crippen molar-refractivity contribution in [3.63, 3.8) is 0 Å². The Bertz CT molecular complexity index is 1220. The van der Waals surface area contributed by atoms with Crippen LogP contribution in [0.25, 0.3) is 0 Å². The first-order chi connectivity index (χ1) is 17.8. The number of aromatic nitrogens is 2. The van der Waals surface area contributed by atoms with E-state index in [-0.39, 0.29) is 23.7 Å². The van der Waals surface area contributed by atoms with Gasteiger partial charge in [0.05, 0.1) is 37.2 Å². The van der Waals surface area contributed by atoms with Crippen molar-refractivity contribution in [3.8, 4) is 11.8 Å². The van der Waals surface area contributed by atoms with E-state index in [9.17, 15) is 18.0 Å². The number of aryl methyl sites for hydroxylation is 1. The van der Waals surface area contributed by atoms with E-state index >= 15 is 0 Å². The molecule has 0 saturated carbocycles. The van der Waals surface area contributed by atoms with E-state index in [1.807, 2.05) is 30.3 Å². The fourth-order valence-corrected chi connectivity index (χ4v) is 4.75. The Balaban J connectivity index is 1.73. The van der Waals surface area contributed by atoms with Gasteiger partial charge in [0.25, 0.3) is 11.8 Å². The molecule has 1 amide bonds. The second kappa shape index (κ2) is 11.2. The smallest absolute Gasteiger partial charge is 0.416 e. The van der Waals surface area contributed by atoms with Crippen molar-refractivity contribution in [1.82, 2.24) is 20.2 Å². The third-order valence-corrected chi connectivity index (χ3v) is 6.58. The van der Waals surface area contributed by atoms with Gasteiger partial charge in [0, 0.05) is 20.0 Å². The highest BCUT2D eigenvalue weighted by atomic mass is 19.4. The first-order valence-corrected chi connectivity index (χ1v) is 11.9. The predicted molar refractivity (Wildman–Crippen MR) is 131 cm³/mol. The number of nitrogens with one attached hydrogen (secondary N) is 1. The van der Waals surface area contributed by atoms with Gasteiger partial charge in [-0.25, -0.2) is 9.97 Å². The van der Waals surface area contributed by atoms with Gasteiger partial charge < -0.3 is 14.8 Å². The molecule has 0 aliphatic carbocycles. The lowest BCUT2D eigenvalue weighted by molar-refractivity contribution is -0.137. The first kappa shape index (κ1) is 26.4. The van der Waals surface area contributed by atoms with Crippen molar-refractivity contribution in [3.05, 3.63) is 82.7 Å².